The summed E-state index contributed by atoms with van der Waals surface area (Å²) in [7, 11) is 0. The number of ether oxygens (including phenoxy) is 1. The smallest absolute Gasteiger partial charge is 0.288 e. The molecule has 0 aromatic heterocycles. The van der Waals surface area contributed by atoms with E-state index in [0.717, 1.165) is 5.56 Å². The SMILES string of the molecule is N=C(c1ccc(Cl)c([N+](=O)[O-])c1)c1ccccc1OCc1ccccc1. The molecule has 0 bridgehead atoms. The molecule has 0 radical (unpaired) electrons. The van der Waals surface area contributed by atoms with Gasteiger partial charge in [0.1, 0.15) is 17.4 Å². The zero-order chi connectivity index (χ0) is 18.5. The highest BCUT2D eigenvalue weighted by Gasteiger charge is 2.17. The van der Waals surface area contributed by atoms with Crippen molar-refractivity contribution >= 4 is 23.0 Å². The van der Waals surface area contributed by atoms with Crippen molar-refractivity contribution in [2.75, 3.05) is 0 Å². The van der Waals surface area contributed by atoms with E-state index in [1.165, 1.54) is 12.1 Å². The zero-order valence-corrected chi connectivity index (χ0v) is 14.4. The Bertz CT molecular complexity index is 958. The van der Waals surface area contributed by atoms with Crippen molar-refractivity contribution in [3.8, 4) is 5.75 Å². The number of hydrogen-bond donors (Lipinski definition) is 1. The summed E-state index contributed by atoms with van der Waals surface area (Å²) >= 11 is 5.85. The molecule has 3 rings (SSSR count). The van der Waals surface area contributed by atoms with E-state index >= 15 is 0 Å². The summed E-state index contributed by atoms with van der Waals surface area (Å²) in [6, 6.07) is 21.2. The van der Waals surface area contributed by atoms with Crippen LogP contribution in [0.2, 0.25) is 5.02 Å². The molecule has 3 aromatic carbocycles. The number of benzene rings is 3. The first-order valence-corrected chi connectivity index (χ1v) is 8.23. The first-order chi connectivity index (χ1) is 12.6. The molecule has 6 heteroatoms. The third-order valence-electron chi connectivity index (χ3n) is 3.83. The van der Waals surface area contributed by atoms with Crippen LogP contribution in [-0.4, -0.2) is 10.6 Å². The van der Waals surface area contributed by atoms with Gasteiger partial charge in [-0.2, -0.15) is 0 Å². The van der Waals surface area contributed by atoms with Gasteiger partial charge in [-0.1, -0.05) is 60.1 Å². The number of hydrogen-bond acceptors (Lipinski definition) is 4. The van der Waals surface area contributed by atoms with Gasteiger partial charge in [-0.05, 0) is 23.8 Å². The lowest BCUT2D eigenvalue weighted by molar-refractivity contribution is -0.384. The Morgan fingerprint density at radius 2 is 1.73 bits per heavy atom. The number of rotatable bonds is 6. The summed E-state index contributed by atoms with van der Waals surface area (Å²) in [4.78, 5) is 10.5. The van der Waals surface area contributed by atoms with E-state index in [1.54, 1.807) is 24.3 Å². The number of para-hydroxylation sites is 1. The number of nitro benzene ring substituents is 1. The van der Waals surface area contributed by atoms with Crippen LogP contribution in [0, 0.1) is 15.5 Å². The molecule has 0 aliphatic heterocycles. The molecular formula is C20H15ClN2O3. The monoisotopic (exact) mass is 366 g/mol. The van der Waals surface area contributed by atoms with Crippen LogP contribution in [0.4, 0.5) is 5.69 Å². The Morgan fingerprint density at radius 1 is 1.04 bits per heavy atom. The fourth-order valence-corrected chi connectivity index (χ4v) is 2.68. The van der Waals surface area contributed by atoms with Crippen molar-refractivity contribution in [2.24, 2.45) is 0 Å². The molecule has 0 fully saturated rings. The van der Waals surface area contributed by atoms with E-state index < -0.39 is 4.92 Å². The van der Waals surface area contributed by atoms with Crippen LogP contribution in [0.25, 0.3) is 0 Å². The molecule has 3 aromatic rings. The molecule has 130 valence electrons. The van der Waals surface area contributed by atoms with Crippen LogP contribution in [0.1, 0.15) is 16.7 Å². The summed E-state index contributed by atoms with van der Waals surface area (Å²) in [5.74, 6) is 0.541. The summed E-state index contributed by atoms with van der Waals surface area (Å²) in [6.07, 6.45) is 0. The predicted molar refractivity (Wildman–Crippen MR) is 101 cm³/mol. The Labute approximate surface area is 155 Å². The van der Waals surface area contributed by atoms with Gasteiger partial charge in [0.15, 0.2) is 0 Å². The van der Waals surface area contributed by atoms with Gasteiger partial charge < -0.3 is 4.74 Å². The lowest BCUT2D eigenvalue weighted by atomic mass is 10.0. The molecule has 0 saturated heterocycles. The quantitative estimate of drug-likeness (QED) is 0.368. The van der Waals surface area contributed by atoms with Gasteiger partial charge in [-0.15, -0.1) is 0 Å². The van der Waals surface area contributed by atoms with Crippen molar-refractivity contribution in [1.82, 2.24) is 0 Å². The molecule has 0 spiro atoms. The summed E-state index contributed by atoms with van der Waals surface area (Å²) in [5.41, 5.74) is 1.87. The molecule has 5 nitrogen and oxygen atoms in total. The molecule has 0 saturated carbocycles. The predicted octanol–water partition coefficient (Wildman–Crippen LogP) is 5.24. The largest absolute Gasteiger partial charge is 0.488 e. The standard InChI is InChI=1S/C20H15ClN2O3/c21-17-11-10-15(12-18(17)23(24)25)20(22)16-8-4-5-9-19(16)26-13-14-6-2-1-3-7-14/h1-12,22H,13H2. The van der Waals surface area contributed by atoms with Crippen LogP contribution in [-0.2, 0) is 6.61 Å². The van der Waals surface area contributed by atoms with Crippen molar-refractivity contribution in [3.05, 3.63) is 105 Å². The fraction of sp³-hybridized carbons (Fsp3) is 0.0500. The Morgan fingerprint density at radius 3 is 2.46 bits per heavy atom. The Balaban J connectivity index is 1.88. The van der Waals surface area contributed by atoms with Crippen molar-refractivity contribution in [2.45, 2.75) is 6.61 Å². The van der Waals surface area contributed by atoms with E-state index in [4.69, 9.17) is 21.7 Å². The van der Waals surface area contributed by atoms with Gasteiger partial charge in [0, 0.05) is 17.2 Å². The van der Waals surface area contributed by atoms with E-state index in [2.05, 4.69) is 0 Å². The van der Waals surface area contributed by atoms with E-state index in [1.807, 2.05) is 36.4 Å². The van der Waals surface area contributed by atoms with Gasteiger partial charge in [-0.3, -0.25) is 15.5 Å². The minimum atomic E-state index is -0.559. The van der Waals surface area contributed by atoms with Crippen LogP contribution < -0.4 is 4.74 Å². The molecule has 0 heterocycles. The normalized spacial score (nSPS) is 10.3. The van der Waals surface area contributed by atoms with E-state index in [9.17, 15) is 10.1 Å². The first-order valence-electron chi connectivity index (χ1n) is 7.85. The molecule has 1 N–H and O–H groups in total. The number of nitrogens with zero attached hydrogens (tertiary/aromatic N) is 1. The lowest BCUT2D eigenvalue weighted by Gasteiger charge is -2.13. The fourth-order valence-electron chi connectivity index (χ4n) is 2.50. The second kappa shape index (κ2) is 7.80. The Hall–Kier alpha value is -3.18. The average molecular weight is 367 g/mol. The lowest BCUT2D eigenvalue weighted by Crippen LogP contribution is -2.06. The third-order valence-corrected chi connectivity index (χ3v) is 4.14. The molecular weight excluding hydrogens is 352 g/mol. The van der Waals surface area contributed by atoms with E-state index in [-0.39, 0.29) is 16.4 Å². The van der Waals surface area contributed by atoms with Crippen LogP contribution in [0.15, 0.2) is 72.8 Å². The average Bonchev–Trinajstić information content (AvgIpc) is 2.67. The number of nitrogens with one attached hydrogen (secondary N) is 1. The summed E-state index contributed by atoms with van der Waals surface area (Å²) in [6.45, 7) is 0.367. The van der Waals surface area contributed by atoms with Crippen LogP contribution in [0.3, 0.4) is 0 Å². The summed E-state index contributed by atoms with van der Waals surface area (Å²) < 4.78 is 5.87. The topological polar surface area (TPSA) is 76.2 Å². The van der Waals surface area contributed by atoms with Crippen molar-refractivity contribution in [3.63, 3.8) is 0 Å². The van der Waals surface area contributed by atoms with Gasteiger partial charge >= 0.3 is 0 Å². The van der Waals surface area contributed by atoms with Crippen LogP contribution >= 0.6 is 11.6 Å². The van der Waals surface area contributed by atoms with Gasteiger partial charge in [0.05, 0.1) is 10.6 Å². The second-order valence-electron chi connectivity index (χ2n) is 5.57. The first kappa shape index (κ1) is 17.6. The highest BCUT2D eigenvalue weighted by Crippen LogP contribution is 2.28. The minimum absolute atomic E-state index is 0.0418. The molecule has 0 unspecified atom stereocenters. The van der Waals surface area contributed by atoms with E-state index in [0.29, 0.717) is 23.5 Å². The van der Waals surface area contributed by atoms with Gasteiger partial charge in [-0.25, -0.2) is 0 Å². The number of nitro groups is 1. The minimum Gasteiger partial charge on any atom is -0.488 e. The summed E-state index contributed by atoms with van der Waals surface area (Å²) in [5, 5.41) is 19.6. The highest BCUT2D eigenvalue weighted by atomic mass is 35.5. The third kappa shape index (κ3) is 3.90. The van der Waals surface area contributed by atoms with Crippen LogP contribution in [0.5, 0.6) is 5.75 Å². The molecule has 0 atom stereocenters. The molecule has 26 heavy (non-hydrogen) atoms. The van der Waals surface area contributed by atoms with Crippen molar-refractivity contribution < 1.29 is 9.66 Å². The zero-order valence-electron chi connectivity index (χ0n) is 13.7. The molecule has 0 aliphatic carbocycles. The highest BCUT2D eigenvalue weighted by molar-refractivity contribution is 6.32. The maximum atomic E-state index is 11.1. The Kier molecular flexibility index (Phi) is 5.29. The van der Waals surface area contributed by atoms with Gasteiger partial charge in [0.25, 0.3) is 5.69 Å². The maximum Gasteiger partial charge on any atom is 0.288 e. The number of halogens is 1. The molecule has 0 aliphatic rings. The van der Waals surface area contributed by atoms with Gasteiger partial charge in [0.2, 0.25) is 0 Å². The second-order valence-corrected chi connectivity index (χ2v) is 5.98. The van der Waals surface area contributed by atoms with Crippen molar-refractivity contribution in [1.29, 1.82) is 5.41 Å². The maximum absolute atomic E-state index is 11.1. The molecule has 0 amide bonds.